The van der Waals surface area contributed by atoms with Crippen LogP contribution in [0.1, 0.15) is 200 Å². The molecule has 1 aliphatic heterocycles. The summed E-state index contributed by atoms with van der Waals surface area (Å²) >= 11 is 0. The Hall–Kier alpha value is -1.15. The molecule has 1 saturated heterocycles. The lowest BCUT2D eigenvalue weighted by Gasteiger charge is -2.40. The van der Waals surface area contributed by atoms with Gasteiger partial charge in [0.1, 0.15) is 36.6 Å². The normalized spacial score (nSPS) is 22.3. The van der Waals surface area contributed by atoms with E-state index >= 15 is 0 Å². The lowest BCUT2D eigenvalue weighted by atomic mass is 9.98. The van der Waals surface area contributed by atoms with Crippen LogP contribution in [0.4, 0.5) is 0 Å². The molecular formula is C45H87NO10. The topological polar surface area (TPSA) is 189 Å². The summed E-state index contributed by atoms with van der Waals surface area (Å²) in [6.07, 6.45) is 25.6. The zero-order valence-electron chi connectivity index (χ0n) is 35.6. The number of unbranched alkanes of at least 4 members (excludes halogenated alkanes) is 24. The van der Waals surface area contributed by atoms with E-state index in [0.29, 0.717) is 19.3 Å². The second-order valence-corrected chi connectivity index (χ2v) is 16.5. The summed E-state index contributed by atoms with van der Waals surface area (Å²) in [6, 6.07) is -1.16. The van der Waals surface area contributed by atoms with E-state index in [4.69, 9.17) is 9.47 Å². The SMILES string of the molecule is CCCCCCCCCCCC/C=C\CCCCCCCCC(O)C(=O)NC(COC1OC(CO)C(O)C(O)C1O)C(O)C(O)CCCCCCCCCCC. The van der Waals surface area contributed by atoms with Crippen LogP contribution in [0.5, 0.6) is 0 Å². The van der Waals surface area contributed by atoms with Gasteiger partial charge in [-0.15, -0.1) is 0 Å². The van der Waals surface area contributed by atoms with E-state index in [0.717, 1.165) is 51.4 Å². The van der Waals surface area contributed by atoms with Gasteiger partial charge in [-0.05, 0) is 38.5 Å². The molecule has 0 aromatic carbocycles. The number of carbonyl (C=O) groups excluding carboxylic acids is 1. The fourth-order valence-electron chi connectivity index (χ4n) is 7.43. The van der Waals surface area contributed by atoms with Crippen molar-refractivity contribution in [2.45, 2.75) is 255 Å². The average molecular weight is 802 g/mol. The molecule has 332 valence electrons. The van der Waals surface area contributed by atoms with E-state index in [1.807, 2.05) is 0 Å². The molecule has 9 unspecified atom stereocenters. The number of hydrogen-bond donors (Lipinski definition) is 8. The lowest BCUT2D eigenvalue weighted by Crippen LogP contribution is -2.60. The van der Waals surface area contributed by atoms with E-state index in [2.05, 4.69) is 31.3 Å². The van der Waals surface area contributed by atoms with Crippen LogP contribution in [-0.2, 0) is 14.3 Å². The molecule has 11 nitrogen and oxygen atoms in total. The maximum atomic E-state index is 13.0. The minimum absolute atomic E-state index is 0.255. The number of carbonyl (C=O) groups is 1. The van der Waals surface area contributed by atoms with Gasteiger partial charge in [-0.3, -0.25) is 4.79 Å². The Morgan fingerprint density at radius 3 is 1.50 bits per heavy atom. The highest BCUT2D eigenvalue weighted by Gasteiger charge is 2.44. The predicted octanol–water partition coefficient (Wildman–Crippen LogP) is 7.28. The highest BCUT2D eigenvalue weighted by molar-refractivity contribution is 5.80. The summed E-state index contributed by atoms with van der Waals surface area (Å²) in [6.45, 7) is 3.40. The molecule has 0 radical (unpaired) electrons. The Morgan fingerprint density at radius 2 is 1.04 bits per heavy atom. The Labute approximate surface area is 341 Å². The molecule has 9 atom stereocenters. The molecule has 1 rings (SSSR count). The summed E-state index contributed by atoms with van der Waals surface area (Å²) in [4.78, 5) is 13.0. The minimum Gasteiger partial charge on any atom is -0.394 e. The molecule has 56 heavy (non-hydrogen) atoms. The number of nitrogens with one attached hydrogen (secondary N) is 1. The van der Waals surface area contributed by atoms with Crippen molar-refractivity contribution in [1.29, 1.82) is 0 Å². The predicted molar refractivity (Wildman–Crippen MR) is 224 cm³/mol. The van der Waals surface area contributed by atoms with Crippen LogP contribution in [0.2, 0.25) is 0 Å². The maximum absolute atomic E-state index is 13.0. The number of ether oxygens (including phenoxy) is 2. The summed E-state index contributed by atoms with van der Waals surface area (Å²) in [7, 11) is 0. The number of amides is 1. The number of hydrogen-bond acceptors (Lipinski definition) is 10. The lowest BCUT2D eigenvalue weighted by molar-refractivity contribution is -0.303. The second kappa shape index (κ2) is 35.8. The first kappa shape index (κ1) is 52.9. The molecule has 1 fully saturated rings. The van der Waals surface area contributed by atoms with Crippen molar-refractivity contribution in [3.05, 3.63) is 12.2 Å². The largest absolute Gasteiger partial charge is 0.394 e. The third-order valence-corrected chi connectivity index (χ3v) is 11.3. The van der Waals surface area contributed by atoms with Crippen LogP contribution in [0.25, 0.3) is 0 Å². The molecule has 1 amide bonds. The molecule has 0 aliphatic carbocycles. The van der Waals surface area contributed by atoms with Gasteiger partial charge in [0, 0.05) is 0 Å². The minimum atomic E-state index is -1.66. The summed E-state index contributed by atoms with van der Waals surface area (Å²) in [5.74, 6) is -0.702. The standard InChI is InChI=1S/C45H87NO10/c1-3-5-7-9-11-13-14-15-16-17-18-19-20-21-22-23-25-27-29-31-33-38(49)44(54)46-36(35-55-45-43(53)42(52)41(51)39(34-47)56-45)40(50)37(48)32-30-28-26-24-12-10-8-6-4-2/h19-20,36-43,45,47-53H,3-18,21-35H2,1-2H3,(H,46,54)/b20-19-. The van der Waals surface area contributed by atoms with Crippen LogP contribution < -0.4 is 5.32 Å². The highest BCUT2D eigenvalue weighted by Crippen LogP contribution is 2.23. The van der Waals surface area contributed by atoms with Gasteiger partial charge in [-0.25, -0.2) is 0 Å². The van der Waals surface area contributed by atoms with E-state index < -0.39 is 74.2 Å². The molecule has 1 heterocycles. The second-order valence-electron chi connectivity index (χ2n) is 16.5. The van der Waals surface area contributed by atoms with Gasteiger partial charge in [0.25, 0.3) is 0 Å². The maximum Gasteiger partial charge on any atom is 0.249 e. The van der Waals surface area contributed by atoms with Crippen molar-refractivity contribution in [1.82, 2.24) is 5.32 Å². The summed E-state index contributed by atoms with van der Waals surface area (Å²) < 4.78 is 11.1. The molecule has 0 aromatic heterocycles. The smallest absolute Gasteiger partial charge is 0.249 e. The first-order valence-electron chi connectivity index (χ1n) is 23.1. The van der Waals surface area contributed by atoms with Crippen molar-refractivity contribution in [2.75, 3.05) is 13.2 Å². The third kappa shape index (κ3) is 25.4. The first-order chi connectivity index (χ1) is 27.2. The van der Waals surface area contributed by atoms with Gasteiger partial charge in [-0.2, -0.15) is 0 Å². The zero-order chi connectivity index (χ0) is 41.2. The molecular weight excluding hydrogens is 714 g/mol. The van der Waals surface area contributed by atoms with Crippen molar-refractivity contribution in [3.8, 4) is 0 Å². The Kier molecular flexibility index (Phi) is 33.8. The van der Waals surface area contributed by atoms with Crippen molar-refractivity contribution < 1.29 is 50.0 Å². The fraction of sp³-hybridized carbons (Fsp3) is 0.933. The zero-order valence-corrected chi connectivity index (χ0v) is 35.6. The van der Waals surface area contributed by atoms with E-state index in [1.165, 1.54) is 109 Å². The molecule has 0 saturated carbocycles. The van der Waals surface area contributed by atoms with Crippen LogP contribution in [0.3, 0.4) is 0 Å². The van der Waals surface area contributed by atoms with Crippen molar-refractivity contribution in [2.24, 2.45) is 0 Å². The van der Waals surface area contributed by atoms with Crippen LogP contribution in [0.15, 0.2) is 12.2 Å². The number of rotatable bonds is 38. The average Bonchev–Trinajstić information content (AvgIpc) is 3.20. The van der Waals surface area contributed by atoms with Gasteiger partial charge in [0.2, 0.25) is 5.91 Å². The van der Waals surface area contributed by atoms with Crippen LogP contribution in [0, 0.1) is 0 Å². The van der Waals surface area contributed by atoms with Gasteiger partial charge in [-0.1, -0.05) is 174 Å². The Morgan fingerprint density at radius 1 is 0.607 bits per heavy atom. The molecule has 11 heteroatoms. The highest BCUT2D eigenvalue weighted by atomic mass is 16.7. The molecule has 0 bridgehead atoms. The first-order valence-corrected chi connectivity index (χ1v) is 23.1. The summed E-state index contributed by atoms with van der Waals surface area (Å²) in [5.41, 5.74) is 0. The van der Waals surface area contributed by atoms with E-state index in [1.54, 1.807) is 0 Å². The van der Waals surface area contributed by atoms with Gasteiger partial charge >= 0.3 is 0 Å². The van der Waals surface area contributed by atoms with Crippen LogP contribution >= 0.6 is 0 Å². The fourth-order valence-corrected chi connectivity index (χ4v) is 7.43. The number of aliphatic hydroxyl groups is 7. The monoisotopic (exact) mass is 802 g/mol. The van der Waals surface area contributed by atoms with Crippen molar-refractivity contribution >= 4 is 5.91 Å². The number of aliphatic hydroxyl groups excluding tert-OH is 7. The van der Waals surface area contributed by atoms with Gasteiger partial charge in [0.05, 0.1) is 25.4 Å². The molecule has 0 aromatic rings. The molecule has 0 spiro atoms. The summed E-state index contributed by atoms with van der Waals surface area (Å²) in [5, 5.41) is 75.4. The molecule has 1 aliphatic rings. The quantitative estimate of drug-likeness (QED) is 0.0233. The Balaban J connectivity index is 2.39. The molecule has 8 N–H and O–H groups in total. The van der Waals surface area contributed by atoms with E-state index in [-0.39, 0.29) is 6.42 Å². The van der Waals surface area contributed by atoms with Crippen molar-refractivity contribution in [3.63, 3.8) is 0 Å². The van der Waals surface area contributed by atoms with Gasteiger partial charge < -0.3 is 50.5 Å². The number of allylic oxidation sites excluding steroid dienone is 2. The third-order valence-electron chi connectivity index (χ3n) is 11.3. The van der Waals surface area contributed by atoms with Crippen LogP contribution in [-0.4, -0.2) is 110 Å². The van der Waals surface area contributed by atoms with E-state index in [9.17, 15) is 40.5 Å². The Bertz CT molecular complexity index is 923. The van der Waals surface area contributed by atoms with Gasteiger partial charge in [0.15, 0.2) is 6.29 Å².